The van der Waals surface area contributed by atoms with Gasteiger partial charge >= 0.3 is 0 Å². The summed E-state index contributed by atoms with van der Waals surface area (Å²) in [6.45, 7) is 4.82. The van der Waals surface area contributed by atoms with Crippen LogP contribution < -0.4 is 5.32 Å². The Morgan fingerprint density at radius 3 is 1.75 bits per heavy atom. The Morgan fingerprint density at radius 2 is 1.19 bits per heavy atom. The van der Waals surface area contributed by atoms with E-state index in [0.717, 1.165) is 25.9 Å². The van der Waals surface area contributed by atoms with E-state index < -0.39 is 0 Å². The highest BCUT2D eigenvalue weighted by molar-refractivity contribution is 4.50. The molecule has 0 atom stereocenters. The van der Waals surface area contributed by atoms with Gasteiger partial charge in [0.25, 0.3) is 0 Å². The molecule has 0 aromatic heterocycles. The summed E-state index contributed by atoms with van der Waals surface area (Å²) in [5, 5.41) is 12.0. The number of aliphatic hydroxyl groups is 1. The predicted octanol–water partition coefficient (Wildman–Crippen LogP) is 3.49. The standard InChI is InChI=1S/C14H31NO/c1-2-3-4-5-6-7-8-9-12-15-13-10-11-14-16/h15-16H,2-14H2,1H3. The summed E-state index contributed by atoms with van der Waals surface area (Å²) in [7, 11) is 0. The van der Waals surface area contributed by atoms with Gasteiger partial charge in [-0.25, -0.2) is 0 Å². The molecule has 0 amide bonds. The van der Waals surface area contributed by atoms with Crippen LogP contribution in [0.1, 0.15) is 71.1 Å². The van der Waals surface area contributed by atoms with Gasteiger partial charge in [-0.05, 0) is 32.4 Å². The lowest BCUT2D eigenvalue weighted by Crippen LogP contribution is -2.16. The quantitative estimate of drug-likeness (QED) is 0.474. The van der Waals surface area contributed by atoms with Crippen molar-refractivity contribution in [1.82, 2.24) is 5.32 Å². The molecule has 0 radical (unpaired) electrons. The van der Waals surface area contributed by atoms with Gasteiger partial charge in [-0.2, -0.15) is 0 Å². The second-order valence-electron chi connectivity index (χ2n) is 4.66. The molecule has 0 unspecified atom stereocenters. The average molecular weight is 229 g/mol. The van der Waals surface area contributed by atoms with E-state index in [2.05, 4.69) is 12.2 Å². The third-order valence-electron chi connectivity index (χ3n) is 2.97. The third-order valence-corrected chi connectivity index (χ3v) is 2.97. The SMILES string of the molecule is CCCCCCCCCCNCCCCO. The molecule has 0 aromatic carbocycles. The minimum absolute atomic E-state index is 0.333. The van der Waals surface area contributed by atoms with Crippen LogP contribution in [0.4, 0.5) is 0 Å². The third kappa shape index (κ3) is 13.9. The van der Waals surface area contributed by atoms with Crippen molar-refractivity contribution in [2.24, 2.45) is 0 Å². The van der Waals surface area contributed by atoms with E-state index in [4.69, 9.17) is 5.11 Å². The van der Waals surface area contributed by atoms with E-state index in [1.807, 2.05) is 0 Å². The number of rotatable bonds is 13. The van der Waals surface area contributed by atoms with Gasteiger partial charge in [0.2, 0.25) is 0 Å². The van der Waals surface area contributed by atoms with Crippen LogP contribution in [-0.4, -0.2) is 24.8 Å². The molecule has 0 spiro atoms. The van der Waals surface area contributed by atoms with Crippen LogP contribution in [0.2, 0.25) is 0 Å². The molecule has 0 bridgehead atoms. The average Bonchev–Trinajstić information content (AvgIpc) is 2.31. The first-order chi connectivity index (χ1) is 7.91. The smallest absolute Gasteiger partial charge is 0.0431 e. The van der Waals surface area contributed by atoms with Gasteiger partial charge in [0.1, 0.15) is 0 Å². The van der Waals surface area contributed by atoms with E-state index in [-0.39, 0.29) is 0 Å². The highest BCUT2D eigenvalue weighted by atomic mass is 16.2. The first-order valence-electron chi connectivity index (χ1n) is 7.23. The number of unbranched alkanes of at least 4 members (excludes halogenated alkanes) is 8. The Labute approximate surface area is 102 Å². The summed E-state index contributed by atoms with van der Waals surface area (Å²) < 4.78 is 0. The summed E-state index contributed by atoms with van der Waals surface area (Å²) in [4.78, 5) is 0. The molecule has 0 saturated heterocycles. The summed E-state index contributed by atoms with van der Waals surface area (Å²) in [5.74, 6) is 0. The number of hydrogen-bond acceptors (Lipinski definition) is 2. The summed E-state index contributed by atoms with van der Waals surface area (Å²) >= 11 is 0. The number of nitrogens with one attached hydrogen (secondary N) is 1. The molecular weight excluding hydrogens is 198 g/mol. The summed E-state index contributed by atoms with van der Waals surface area (Å²) in [5.41, 5.74) is 0. The second-order valence-corrected chi connectivity index (χ2v) is 4.66. The van der Waals surface area contributed by atoms with Gasteiger partial charge < -0.3 is 10.4 Å². The van der Waals surface area contributed by atoms with E-state index in [1.165, 1.54) is 51.4 Å². The Balaban J connectivity index is 2.83. The molecule has 0 aromatic rings. The zero-order valence-corrected chi connectivity index (χ0v) is 11.1. The largest absolute Gasteiger partial charge is 0.396 e. The lowest BCUT2D eigenvalue weighted by atomic mass is 10.1. The first kappa shape index (κ1) is 15.9. The van der Waals surface area contributed by atoms with Crippen LogP contribution >= 0.6 is 0 Å². The van der Waals surface area contributed by atoms with Gasteiger partial charge in [-0.3, -0.25) is 0 Å². The highest BCUT2D eigenvalue weighted by Gasteiger charge is 1.91. The highest BCUT2D eigenvalue weighted by Crippen LogP contribution is 2.07. The van der Waals surface area contributed by atoms with Crippen molar-refractivity contribution < 1.29 is 5.11 Å². The monoisotopic (exact) mass is 229 g/mol. The normalized spacial score (nSPS) is 10.9. The van der Waals surface area contributed by atoms with Crippen LogP contribution in [0.15, 0.2) is 0 Å². The van der Waals surface area contributed by atoms with E-state index in [0.29, 0.717) is 6.61 Å². The molecule has 0 fully saturated rings. The van der Waals surface area contributed by atoms with Gasteiger partial charge in [0, 0.05) is 6.61 Å². The maximum absolute atomic E-state index is 8.60. The van der Waals surface area contributed by atoms with Crippen LogP contribution in [0.3, 0.4) is 0 Å². The van der Waals surface area contributed by atoms with E-state index >= 15 is 0 Å². The number of aliphatic hydroxyl groups excluding tert-OH is 1. The zero-order chi connectivity index (χ0) is 11.9. The van der Waals surface area contributed by atoms with Crippen molar-refractivity contribution in [3.05, 3.63) is 0 Å². The first-order valence-corrected chi connectivity index (χ1v) is 7.23. The van der Waals surface area contributed by atoms with Gasteiger partial charge in [0.15, 0.2) is 0 Å². The van der Waals surface area contributed by atoms with Crippen molar-refractivity contribution in [2.75, 3.05) is 19.7 Å². The van der Waals surface area contributed by atoms with Crippen LogP contribution in [0.5, 0.6) is 0 Å². The van der Waals surface area contributed by atoms with Gasteiger partial charge in [0.05, 0.1) is 0 Å². The molecule has 0 aliphatic rings. The molecule has 0 heterocycles. The lowest BCUT2D eigenvalue weighted by molar-refractivity contribution is 0.283. The predicted molar refractivity (Wildman–Crippen MR) is 71.8 cm³/mol. The van der Waals surface area contributed by atoms with Crippen molar-refractivity contribution in [3.63, 3.8) is 0 Å². The molecule has 16 heavy (non-hydrogen) atoms. The zero-order valence-electron chi connectivity index (χ0n) is 11.1. The summed E-state index contributed by atoms with van der Waals surface area (Å²) in [6, 6.07) is 0. The number of hydrogen-bond donors (Lipinski definition) is 2. The fourth-order valence-corrected chi connectivity index (χ4v) is 1.87. The van der Waals surface area contributed by atoms with E-state index in [1.54, 1.807) is 0 Å². The minimum Gasteiger partial charge on any atom is -0.396 e. The second kappa shape index (κ2) is 14.9. The van der Waals surface area contributed by atoms with Crippen molar-refractivity contribution in [2.45, 2.75) is 71.1 Å². The fraction of sp³-hybridized carbons (Fsp3) is 1.00. The maximum atomic E-state index is 8.60. The van der Waals surface area contributed by atoms with Crippen molar-refractivity contribution >= 4 is 0 Å². The molecule has 2 N–H and O–H groups in total. The lowest BCUT2D eigenvalue weighted by Gasteiger charge is -2.04. The molecule has 0 aliphatic heterocycles. The van der Waals surface area contributed by atoms with Crippen LogP contribution in [-0.2, 0) is 0 Å². The Hall–Kier alpha value is -0.0800. The van der Waals surface area contributed by atoms with Crippen molar-refractivity contribution in [1.29, 1.82) is 0 Å². The Morgan fingerprint density at radius 1 is 0.688 bits per heavy atom. The topological polar surface area (TPSA) is 32.3 Å². The fourth-order valence-electron chi connectivity index (χ4n) is 1.87. The van der Waals surface area contributed by atoms with Gasteiger partial charge in [-0.1, -0.05) is 51.9 Å². The molecule has 98 valence electrons. The molecular formula is C14H31NO. The van der Waals surface area contributed by atoms with Crippen LogP contribution in [0, 0.1) is 0 Å². The minimum atomic E-state index is 0.333. The summed E-state index contributed by atoms with van der Waals surface area (Å²) in [6.07, 6.45) is 13.2. The van der Waals surface area contributed by atoms with E-state index in [9.17, 15) is 0 Å². The van der Waals surface area contributed by atoms with Gasteiger partial charge in [-0.15, -0.1) is 0 Å². The molecule has 0 rings (SSSR count). The van der Waals surface area contributed by atoms with Crippen LogP contribution in [0.25, 0.3) is 0 Å². The Bertz CT molecular complexity index is 103. The molecule has 0 aliphatic carbocycles. The maximum Gasteiger partial charge on any atom is 0.0431 e. The molecule has 2 heteroatoms. The van der Waals surface area contributed by atoms with Crippen molar-refractivity contribution in [3.8, 4) is 0 Å². The molecule has 0 saturated carbocycles. The molecule has 2 nitrogen and oxygen atoms in total. The Kier molecular flexibility index (Phi) is 14.8.